The molecule has 0 bridgehead atoms. The minimum atomic E-state index is -0.0518. The molecule has 1 aliphatic heterocycles. The molecule has 1 fully saturated rings. The predicted molar refractivity (Wildman–Crippen MR) is 65.2 cm³/mol. The van der Waals surface area contributed by atoms with Crippen LogP contribution in [-0.4, -0.2) is 33.2 Å². The molecule has 1 aliphatic rings. The number of benzene rings is 1. The number of hydrogen-bond acceptors (Lipinski definition) is 3. The standard InChI is InChI=1S/C13H18NO3/c1-15-12-4-2-3-11(9-12)10-14-6-5-13-16-7-8-17-13/h2-4,9,13H,5-8,10H2,1H3/q-1. The zero-order chi connectivity index (χ0) is 11.9. The first kappa shape index (κ1) is 12.4. The molecule has 0 aliphatic carbocycles. The molecule has 0 amide bonds. The van der Waals surface area contributed by atoms with Gasteiger partial charge >= 0.3 is 0 Å². The topological polar surface area (TPSA) is 41.8 Å². The second kappa shape index (κ2) is 6.59. The molecular weight excluding hydrogens is 218 g/mol. The van der Waals surface area contributed by atoms with Crippen molar-refractivity contribution in [3.05, 3.63) is 35.1 Å². The maximum atomic E-state index is 5.34. The number of methoxy groups -OCH3 is 1. The minimum absolute atomic E-state index is 0.0518. The van der Waals surface area contributed by atoms with E-state index in [0.717, 1.165) is 24.3 Å². The van der Waals surface area contributed by atoms with Crippen molar-refractivity contribution in [2.75, 3.05) is 26.9 Å². The fourth-order valence-corrected chi connectivity index (χ4v) is 1.75. The lowest BCUT2D eigenvalue weighted by molar-refractivity contribution is -0.0437. The fourth-order valence-electron chi connectivity index (χ4n) is 1.75. The summed E-state index contributed by atoms with van der Waals surface area (Å²) in [5, 5.41) is 4.46. The largest absolute Gasteiger partial charge is 0.658 e. The number of hydrogen-bond donors (Lipinski definition) is 0. The van der Waals surface area contributed by atoms with Gasteiger partial charge < -0.3 is 19.5 Å². The third kappa shape index (κ3) is 4.00. The summed E-state index contributed by atoms with van der Waals surface area (Å²) in [6.07, 6.45) is 0.785. The minimum Gasteiger partial charge on any atom is -0.658 e. The molecule has 0 aromatic heterocycles. The van der Waals surface area contributed by atoms with Gasteiger partial charge in [-0.2, -0.15) is 0 Å². The Kier molecular flexibility index (Phi) is 4.79. The van der Waals surface area contributed by atoms with E-state index >= 15 is 0 Å². The van der Waals surface area contributed by atoms with E-state index in [9.17, 15) is 0 Å². The van der Waals surface area contributed by atoms with Gasteiger partial charge in [-0.1, -0.05) is 17.7 Å². The van der Waals surface area contributed by atoms with Gasteiger partial charge in [-0.25, -0.2) is 0 Å². The van der Waals surface area contributed by atoms with Gasteiger partial charge in [0.2, 0.25) is 0 Å². The Labute approximate surface area is 102 Å². The zero-order valence-electron chi connectivity index (χ0n) is 10.1. The Balaban J connectivity index is 1.66. The van der Waals surface area contributed by atoms with Crippen LogP contribution >= 0.6 is 0 Å². The van der Waals surface area contributed by atoms with Crippen LogP contribution in [0.25, 0.3) is 5.32 Å². The van der Waals surface area contributed by atoms with Gasteiger partial charge in [-0.05, 0) is 18.6 Å². The Bertz CT molecular complexity index is 337. The molecule has 1 heterocycles. The van der Waals surface area contributed by atoms with Gasteiger partial charge in [0.05, 0.1) is 20.3 Å². The van der Waals surface area contributed by atoms with E-state index < -0.39 is 0 Å². The molecule has 0 radical (unpaired) electrons. The van der Waals surface area contributed by atoms with Gasteiger partial charge in [-0.3, -0.25) is 0 Å². The van der Waals surface area contributed by atoms with E-state index in [1.165, 1.54) is 0 Å². The lowest BCUT2D eigenvalue weighted by Gasteiger charge is -2.21. The normalized spacial score (nSPS) is 16.3. The van der Waals surface area contributed by atoms with Gasteiger partial charge in [0.1, 0.15) is 5.75 Å². The molecule has 0 atom stereocenters. The highest BCUT2D eigenvalue weighted by Gasteiger charge is 2.12. The summed E-state index contributed by atoms with van der Waals surface area (Å²) in [6.45, 7) is 2.90. The Hall–Kier alpha value is -1.10. The molecule has 0 N–H and O–H groups in total. The lowest BCUT2D eigenvalue weighted by atomic mass is 10.2. The van der Waals surface area contributed by atoms with Crippen molar-refractivity contribution in [2.45, 2.75) is 19.3 Å². The molecule has 0 saturated carbocycles. The average molecular weight is 236 g/mol. The van der Waals surface area contributed by atoms with E-state index in [1.807, 2.05) is 18.2 Å². The number of rotatable bonds is 6. The predicted octanol–water partition coefficient (Wildman–Crippen LogP) is 2.33. The van der Waals surface area contributed by atoms with Crippen LogP contribution in [0.4, 0.5) is 0 Å². The summed E-state index contributed by atoms with van der Waals surface area (Å²) in [5.74, 6) is 0.875. The molecule has 1 saturated heterocycles. The highest BCUT2D eigenvalue weighted by Crippen LogP contribution is 2.15. The molecule has 4 nitrogen and oxygen atoms in total. The van der Waals surface area contributed by atoms with Crippen molar-refractivity contribution >= 4 is 0 Å². The first-order valence-electron chi connectivity index (χ1n) is 5.88. The first-order valence-corrected chi connectivity index (χ1v) is 5.88. The van der Waals surface area contributed by atoms with Gasteiger partial charge in [0.25, 0.3) is 0 Å². The van der Waals surface area contributed by atoms with Gasteiger partial charge in [0, 0.05) is 0 Å². The molecular formula is C13H18NO3-. The van der Waals surface area contributed by atoms with Crippen LogP contribution in [0.3, 0.4) is 0 Å². The zero-order valence-corrected chi connectivity index (χ0v) is 10.1. The highest BCUT2D eigenvalue weighted by molar-refractivity contribution is 5.29. The van der Waals surface area contributed by atoms with E-state index in [1.54, 1.807) is 7.11 Å². The van der Waals surface area contributed by atoms with Crippen molar-refractivity contribution in [1.82, 2.24) is 0 Å². The quantitative estimate of drug-likeness (QED) is 0.712. The van der Waals surface area contributed by atoms with Crippen LogP contribution in [-0.2, 0) is 16.0 Å². The van der Waals surface area contributed by atoms with E-state index in [-0.39, 0.29) is 6.29 Å². The SMILES string of the molecule is COc1cccc(C[N-]CCC2OCCO2)c1. The van der Waals surface area contributed by atoms with Crippen LogP contribution in [0.2, 0.25) is 0 Å². The van der Waals surface area contributed by atoms with E-state index in [2.05, 4.69) is 11.4 Å². The molecule has 2 rings (SSSR count). The Morgan fingerprint density at radius 2 is 2.18 bits per heavy atom. The Morgan fingerprint density at radius 1 is 1.35 bits per heavy atom. The summed E-state index contributed by atoms with van der Waals surface area (Å²) in [7, 11) is 1.67. The second-order valence-corrected chi connectivity index (χ2v) is 3.92. The molecule has 94 valence electrons. The highest BCUT2D eigenvalue weighted by atomic mass is 16.7. The molecule has 4 heteroatoms. The summed E-state index contributed by atoms with van der Waals surface area (Å²) in [5.41, 5.74) is 1.16. The first-order chi connectivity index (χ1) is 8.38. The number of ether oxygens (including phenoxy) is 3. The lowest BCUT2D eigenvalue weighted by Crippen LogP contribution is -2.09. The van der Waals surface area contributed by atoms with E-state index in [0.29, 0.717) is 19.8 Å². The van der Waals surface area contributed by atoms with Crippen molar-refractivity contribution in [2.24, 2.45) is 0 Å². The fraction of sp³-hybridized carbons (Fsp3) is 0.538. The van der Waals surface area contributed by atoms with E-state index in [4.69, 9.17) is 14.2 Å². The van der Waals surface area contributed by atoms with Gasteiger partial charge in [0.15, 0.2) is 6.29 Å². The average Bonchev–Trinajstić information content (AvgIpc) is 2.88. The molecule has 17 heavy (non-hydrogen) atoms. The Morgan fingerprint density at radius 3 is 2.94 bits per heavy atom. The van der Waals surface area contributed by atoms with Crippen LogP contribution < -0.4 is 4.74 Å². The van der Waals surface area contributed by atoms with Crippen LogP contribution in [0.15, 0.2) is 24.3 Å². The summed E-state index contributed by atoms with van der Waals surface area (Å²) < 4.78 is 15.8. The van der Waals surface area contributed by atoms with Crippen LogP contribution in [0.1, 0.15) is 12.0 Å². The summed E-state index contributed by atoms with van der Waals surface area (Å²) >= 11 is 0. The van der Waals surface area contributed by atoms with Crippen LogP contribution in [0, 0.1) is 0 Å². The second-order valence-electron chi connectivity index (χ2n) is 3.92. The van der Waals surface area contributed by atoms with Crippen molar-refractivity contribution in [3.63, 3.8) is 0 Å². The summed E-state index contributed by atoms with van der Waals surface area (Å²) in [6, 6.07) is 7.97. The third-order valence-corrected chi connectivity index (χ3v) is 2.64. The third-order valence-electron chi connectivity index (χ3n) is 2.64. The maximum Gasteiger partial charge on any atom is 0.156 e. The molecule has 1 aromatic carbocycles. The number of nitrogens with zero attached hydrogens (tertiary/aromatic N) is 1. The smallest absolute Gasteiger partial charge is 0.156 e. The monoisotopic (exact) mass is 236 g/mol. The maximum absolute atomic E-state index is 5.34. The molecule has 1 aromatic rings. The van der Waals surface area contributed by atoms with Gasteiger partial charge in [-0.15, -0.1) is 13.1 Å². The molecule has 0 spiro atoms. The van der Waals surface area contributed by atoms with Crippen LogP contribution in [0.5, 0.6) is 5.75 Å². The van der Waals surface area contributed by atoms with Crippen molar-refractivity contribution in [3.8, 4) is 5.75 Å². The van der Waals surface area contributed by atoms with Crippen molar-refractivity contribution < 1.29 is 14.2 Å². The summed E-state index contributed by atoms with van der Waals surface area (Å²) in [4.78, 5) is 0. The molecule has 0 unspecified atom stereocenters. The van der Waals surface area contributed by atoms with Crippen molar-refractivity contribution in [1.29, 1.82) is 0 Å².